The summed E-state index contributed by atoms with van der Waals surface area (Å²) in [6.45, 7) is 4.54. The van der Waals surface area contributed by atoms with Crippen LogP contribution in [0.15, 0.2) is 18.2 Å². The zero-order valence-corrected chi connectivity index (χ0v) is 20.4. The summed E-state index contributed by atoms with van der Waals surface area (Å²) in [5.74, 6) is -1.78. The van der Waals surface area contributed by atoms with Gasteiger partial charge in [0.2, 0.25) is 11.8 Å². The number of fused-ring (bicyclic) bond motifs is 1. The van der Waals surface area contributed by atoms with Gasteiger partial charge < -0.3 is 15.4 Å². The summed E-state index contributed by atoms with van der Waals surface area (Å²) in [6.07, 6.45) is 5.27. The zero-order valence-electron chi connectivity index (χ0n) is 20.4. The number of carbonyl (C=O) groups excluding carboxylic acids is 5. The first-order chi connectivity index (χ1) is 17.4. The number of ether oxygens (including phenoxy) is 1. The van der Waals surface area contributed by atoms with Gasteiger partial charge in [-0.2, -0.15) is 0 Å². The summed E-state index contributed by atoms with van der Waals surface area (Å²) in [4.78, 5) is 65.8. The second-order valence-electron chi connectivity index (χ2n) is 9.41. The van der Waals surface area contributed by atoms with Gasteiger partial charge in [-0.15, -0.1) is 0 Å². The maximum Gasteiger partial charge on any atom is 0.314 e. The molecule has 11 nitrogen and oxygen atoms in total. The molecule has 194 valence electrons. The third-order valence-electron chi connectivity index (χ3n) is 6.99. The number of unbranched alkanes of at least 4 members (excludes halogenated alkanes) is 4. The molecule has 2 fully saturated rings. The van der Waals surface area contributed by atoms with Crippen molar-refractivity contribution in [3.63, 3.8) is 0 Å². The Kier molecular flexibility index (Phi) is 8.19. The lowest BCUT2D eigenvalue weighted by Crippen LogP contribution is -2.54. The van der Waals surface area contributed by atoms with Crippen LogP contribution in [0.25, 0.3) is 0 Å². The number of benzene rings is 1. The Morgan fingerprint density at radius 1 is 0.972 bits per heavy atom. The van der Waals surface area contributed by atoms with Gasteiger partial charge in [0.15, 0.2) is 0 Å². The number of hydrogen-bond acceptors (Lipinski definition) is 7. The third-order valence-corrected chi connectivity index (χ3v) is 6.99. The quantitative estimate of drug-likeness (QED) is 0.363. The number of imide groups is 2. The van der Waals surface area contributed by atoms with Crippen molar-refractivity contribution < 1.29 is 28.7 Å². The predicted molar refractivity (Wildman–Crippen MR) is 129 cm³/mol. The van der Waals surface area contributed by atoms with Crippen LogP contribution in [0.1, 0.15) is 65.7 Å². The molecular weight excluding hydrogens is 466 g/mol. The van der Waals surface area contributed by atoms with Crippen molar-refractivity contribution in [2.45, 2.75) is 51.0 Å². The molecule has 36 heavy (non-hydrogen) atoms. The highest BCUT2D eigenvalue weighted by molar-refractivity contribution is 6.24. The molecule has 0 aromatic heterocycles. The van der Waals surface area contributed by atoms with E-state index in [1.54, 1.807) is 23.1 Å². The van der Waals surface area contributed by atoms with Gasteiger partial charge in [0.25, 0.3) is 11.8 Å². The van der Waals surface area contributed by atoms with Crippen LogP contribution in [0.5, 0.6) is 5.75 Å². The molecule has 3 N–H and O–H groups in total. The van der Waals surface area contributed by atoms with Gasteiger partial charge in [-0.1, -0.05) is 25.3 Å². The Labute approximate surface area is 209 Å². The number of primary amides is 1. The summed E-state index contributed by atoms with van der Waals surface area (Å²) >= 11 is 0. The molecule has 6 amide bonds. The Morgan fingerprint density at radius 3 is 2.42 bits per heavy atom. The van der Waals surface area contributed by atoms with Crippen molar-refractivity contribution in [1.82, 2.24) is 20.0 Å². The fraction of sp³-hybridized carbons (Fsp3) is 0.560. The summed E-state index contributed by atoms with van der Waals surface area (Å²) in [5.41, 5.74) is 5.72. The Hall–Kier alpha value is -3.47. The van der Waals surface area contributed by atoms with Crippen molar-refractivity contribution in [3.8, 4) is 5.75 Å². The zero-order chi connectivity index (χ0) is 25.7. The number of rotatable bonds is 10. The van der Waals surface area contributed by atoms with Crippen LogP contribution in [0.3, 0.4) is 0 Å². The summed E-state index contributed by atoms with van der Waals surface area (Å²) in [6, 6.07) is 3.55. The first-order valence-corrected chi connectivity index (χ1v) is 12.6. The van der Waals surface area contributed by atoms with E-state index in [1.807, 2.05) is 0 Å². The topological polar surface area (TPSA) is 142 Å². The van der Waals surface area contributed by atoms with Crippen molar-refractivity contribution in [1.29, 1.82) is 0 Å². The number of urea groups is 1. The monoisotopic (exact) mass is 499 g/mol. The van der Waals surface area contributed by atoms with Crippen LogP contribution < -0.4 is 15.8 Å². The van der Waals surface area contributed by atoms with Crippen molar-refractivity contribution in [2.75, 3.05) is 39.3 Å². The second-order valence-corrected chi connectivity index (χ2v) is 9.41. The predicted octanol–water partition coefficient (Wildman–Crippen LogP) is 1.11. The highest BCUT2D eigenvalue weighted by Gasteiger charge is 2.45. The van der Waals surface area contributed by atoms with Gasteiger partial charge in [0, 0.05) is 32.6 Å². The SMILES string of the molecule is NC(=O)N1CCN(CCCCCCCOc2cccc3c2C(=O)N(C2CCC(=O)NC2=O)C3=O)CC1. The van der Waals surface area contributed by atoms with Gasteiger partial charge in [0.1, 0.15) is 11.8 Å². The molecule has 0 saturated carbocycles. The van der Waals surface area contributed by atoms with E-state index in [2.05, 4.69) is 10.2 Å². The minimum absolute atomic E-state index is 0.0824. The Balaban J connectivity index is 1.18. The van der Waals surface area contributed by atoms with Gasteiger partial charge in [-0.25, -0.2) is 4.79 Å². The number of piperidine rings is 1. The molecule has 3 aliphatic heterocycles. The molecule has 0 spiro atoms. The Morgan fingerprint density at radius 2 is 1.69 bits per heavy atom. The van der Waals surface area contributed by atoms with Crippen LogP contribution in [-0.4, -0.2) is 89.7 Å². The number of nitrogens with two attached hydrogens (primary N) is 1. The lowest BCUT2D eigenvalue weighted by atomic mass is 10.0. The summed E-state index contributed by atoms with van der Waals surface area (Å²) < 4.78 is 5.87. The van der Waals surface area contributed by atoms with Crippen molar-refractivity contribution in [3.05, 3.63) is 29.3 Å². The number of amides is 6. The first kappa shape index (κ1) is 25.6. The van der Waals surface area contributed by atoms with Crippen LogP contribution in [0, 0.1) is 0 Å². The fourth-order valence-electron chi connectivity index (χ4n) is 4.95. The molecule has 3 heterocycles. The number of nitrogens with zero attached hydrogens (tertiary/aromatic N) is 3. The average Bonchev–Trinajstić information content (AvgIpc) is 3.11. The van der Waals surface area contributed by atoms with E-state index in [4.69, 9.17) is 10.5 Å². The van der Waals surface area contributed by atoms with Crippen molar-refractivity contribution in [2.24, 2.45) is 5.73 Å². The molecule has 1 atom stereocenters. The highest BCUT2D eigenvalue weighted by atomic mass is 16.5. The van der Waals surface area contributed by atoms with E-state index in [-0.39, 0.29) is 30.0 Å². The lowest BCUT2D eigenvalue weighted by molar-refractivity contribution is -0.136. The molecule has 11 heteroatoms. The van der Waals surface area contributed by atoms with Gasteiger partial charge >= 0.3 is 6.03 Å². The van der Waals surface area contributed by atoms with Crippen LogP contribution >= 0.6 is 0 Å². The van der Waals surface area contributed by atoms with Crippen molar-refractivity contribution >= 4 is 29.7 Å². The molecule has 0 aliphatic carbocycles. The number of carbonyl (C=O) groups is 5. The smallest absolute Gasteiger partial charge is 0.314 e. The average molecular weight is 500 g/mol. The molecule has 2 saturated heterocycles. The standard InChI is InChI=1S/C25H33N5O6/c26-25(35)29-14-12-28(13-15-29)11-4-2-1-3-5-16-36-19-8-6-7-17-21(19)24(34)30(23(17)33)18-9-10-20(31)27-22(18)32/h6-8,18H,1-5,9-16H2,(H2,26,35)(H,27,31,32). The van der Waals surface area contributed by atoms with E-state index in [9.17, 15) is 24.0 Å². The molecule has 1 aromatic carbocycles. The van der Waals surface area contributed by atoms with E-state index in [0.717, 1.165) is 56.6 Å². The fourth-order valence-corrected chi connectivity index (χ4v) is 4.95. The minimum Gasteiger partial charge on any atom is -0.493 e. The molecule has 3 aliphatic rings. The lowest BCUT2D eigenvalue weighted by Gasteiger charge is -2.33. The van der Waals surface area contributed by atoms with E-state index < -0.39 is 29.7 Å². The molecule has 0 radical (unpaired) electrons. The van der Waals surface area contributed by atoms with Crippen LogP contribution in [0.4, 0.5) is 4.79 Å². The molecule has 1 unspecified atom stereocenters. The van der Waals surface area contributed by atoms with Gasteiger partial charge in [-0.3, -0.25) is 34.3 Å². The normalized spacial score (nSPS) is 20.5. The summed E-state index contributed by atoms with van der Waals surface area (Å²) in [7, 11) is 0. The third kappa shape index (κ3) is 5.67. The van der Waals surface area contributed by atoms with Gasteiger partial charge in [0.05, 0.1) is 17.7 Å². The maximum atomic E-state index is 13.1. The molecule has 0 bridgehead atoms. The summed E-state index contributed by atoms with van der Waals surface area (Å²) in [5, 5.41) is 2.20. The van der Waals surface area contributed by atoms with Crippen LogP contribution in [-0.2, 0) is 9.59 Å². The minimum atomic E-state index is -0.991. The van der Waals surface area contributed by atoms with Crippen LogP contribution in [0.2, 0.25) is 0 Å². The number of hydrogen-bond donors (Lipinski definition) is 2. The second kappa shape index (κ2) is 11.5. The molecular formula is C25H33N5O6. The van der Waals surface area contributed by atoms with E-state index in [0.29, 0.717) is 25.4 Å². The highest BCUT2D eigenvalue weighted by Crippen LogP contribution is 2.33. The maximum absolute atomic E-state index is 13.1. The number of nitrogens with one attached hydrogen (secondary N) is 1. The number of piperazine rings is 1. The molecule has 1 aromatic rings. The van der Waals surface area contributed by atoms with E-state index in [1.165, 1.54) is 0 Å². The first-order valence-electron chi connectivity index (χ1n) is 12.6. The van der Waals surface area contributed by atoms with Gasteiger partial charge in [-0.05, 0) is 37.9 Å². The van der Waals surface area contributed by atoms with E-state index >= 15 is 0 Å². The molecule has 4 rings (SSSR count). The largest absolute Gasteiger partial charge is 0.493 e. The Bertz CT molecular complexity index is 1040.